The van der Waals surface area contributed by atoms with Crippen LogP contribution < -0.4 is 0 Å². The zero-order valence-electron chi connectivity index (χ0n) is 13.0. The third-order valence-corrected chi connectivity index (χ3v) is 3.96. The van der Waals surface area contributed by atoms with Crippen molar-refractivity contribution in [3.63, 3.8) is 0 Å². The molecule has 0 saturated carbocycles. The molecule has 2 heterocycles. The molecule has 0 N–H and O–H groups in total. The number of rotatable bonds is 4. The first kappa shape index (κ1) is 18.7. The summed E-state index contributed by atoms with van der Waals surface area (Å²) < 4.78 is 2.44. The average Bonchev–Trinajstić information content (AvgIpc) is 2.69. The molecule has 0 amide bonds. The van der Waals surface area contributed by atoms with Gasteiger partial charge in [0.05, 0.1) is 0 Å². The molecule has 0 fully saturated rings. The van der Waals surface area contributed by atoms with Crippen LogP contribution in [0.15, 0.2) is 24.4 Å². The second-order valence-electron chi connectivity index (χ2n) is 5.99. The van der Waals surface area contributed by atoms with Gasteiger partial charge in [-0.3, -0.25) is 4.90 Å². The molecule has 0 radical (unpaired) electrons. The van der Waals surface area contributed by atoms with Crippen LogP contribution in [0.1, 0.15) is 17.5 Å². The van der Waals surface area contributed by atoms with Gasteiger partial charge >= 0.3 is 0 Å². The van der Waals surface area contributed by atoms with Gasteiger partial charge in [0.15, 0.2) is 0 Å². The standard InChI is InChI=1S/C16H23N3.2BrH/c1-17(2)8-5-9-19-12-14-11-18(3)10-13-6-4-7-15(19)16(13)14;;/h4,6-7,12H,5,8-11H2,1-3H3;2*1H. The number of hydrogen-bond donors (Lipinski definition) is 0. The normalized spacial score (nSPS) is 14.1. The number of aromatic nitrogens is 1. The van der Waals surface area contributed by atoms with Crippen molar-refractivity contribution in [2.24, 2.45) is 0 Å². The Morgan fingerprint density at radius 1 is 1.10 bits per heavy atom. The van der Waals surface area contributed by atoms with Crippen LogP contribution in [-0.2, 0) is 19.6 Å². The highest BCUT2D eigenvalue weighted by Crippen LogP contribution is 2.30. The molecule has 1 aromatic carbocycles. The Balaban J connectivity index is 0.00000110. The minimum Gasteiger partial charge on any atom is -0.347 e. The summed E-state index contributed by atoms with van der Waals surface area (Å²) in [6.45, 7) is 4.41. The van der Waals surface area contributed by atoms with E-state index in [1.165, 1.54) is 28.5 Å². The highest BCUT2D eigenvalue weighted by atomic mass is 79.9. The molecule has 0 saturated heterocycles. The van der Waals surface area contributed by atoms with Gasteiger partial charge in [0.25, 0.3) is 0 Å². The maximum Gasteiger partial charge on any atom is 0.0486 e. The third-order valence-electron chi connectivity index (χ3n) is 3.96. The molecule has 0 atom stereocenters. The second kappa shape index (κ2) is 7.77. The SMILES string of the molecule is Br.Br.CN(C)CCCn1cc2c3c(cccc31)CN(C)C2. The lowest BCUT2D eigenvalue weighted by Gasteiger charge is -2.22. The Morgan fingerprint density at radius 2 is 1.81 bits per heavy atom. The van der Waals surface area contributed by atoms with E-state index in [1.54, 1.807) is 0 Å². The topological polar surface area (TPSA) is 11.4 Å². The molecular formula is C16H25Br2N3. The van der Waals surface area contributed by atoms with Crippen molar-refractivity contribution in [2.75, 3.05) is 27.7 Å². The fraction of sp³-hybridized carbons (Fsp3) is 0.500. The first-order valence-electron chi connectivity index (χ1n) is 7.08. The van der Waals surface area contributed by atoms with Crippen LogP contribution in [0.5, 0.6) is 0 Å². The predicted molar refractivity (Wildman–Crippen MR) is 101 cm³/mol. The van der Waals surface area contributed by atoms with Crippen molar-refractivity contribution in [3.8, 4) is 0 Å². The van der Waals surface area contributed by atoms with E-state index in [0.29, 0.717) is 0 Å². The van der Waals surface area contributed by atoms with Crippen LogP contribution in [0.4, 0.5) is 0 Å². The molecule has 1 aliphatic rings. The van der Waals surface area contributed by atoms with E-state index in [4.69, 9.17) is 0 Å². The highest BCUT2D eigenvalue weighted by Gasteiger charge is 2.18. The number of nitrogens with zero attached hydrogens (tertiary/aromatic N) is 3. The minimum absolute atomic E-state index is 0. The van der Waals surface area contributed by atoms with Crippen molar-refractivity contribution >= 4 is 44.9 Å². The molecule has 1 aromatic heterocycles. The van der Waals surface area contributed by atoms with Gasteiger partial charge in [0.2, 0.25) is 0 Å². The average molecular weight is 419 g/mol. The Kier molecular flexibility index (Phi) is 6.91. The Hall–Kier alpha value is -0.360. The van der Waals surface area contributed by atoms with E-state index in [9.17, 15) is 0 Å². The molecule has 0 spiro atoms. The molecule has 21 heavy (non-hydrogen) atoms. The molecule has 5 heteroatoms. The molecule has 0 unspecified atom stereocenters. The molecule has 3 nitrogen and oxygen atoms in total. The van der Waals surface area contributed by atoms with Crippen molar-refractivity contribution in [1.82, 2.24) is 14.4 Å². The summed E-state index contributed by atoms with van der Waals surface area (Å²) in [5, 5.41) is 1.51. The maximum atomic E-state index is 2.44. The van der Waals surface area contributed by atoms with E-state index in [0.717, 1.165) is 26.2 Å². The van der Waals surface area contributed by atoms with Gasteiger partial charge in [-0.2, -0.15) is 0 Å². The molecular weight excluding hydrogens is 394 g/mol. The largest absolute Gasteiger partial charge is 0.347 e. The maximum absolute atomic E-state index is 2.44. The Bertz CT molecular complexity index is 592. The van der Waals surface area contributed by atoms with E-state index in [2.05, 4.69) is 59.9 Å². The van der Waals surface area contributed by atoms with Crippen LogP contribution >= 0.6 is 34.0 Å². The number of halogens is 2. The van der Waals surface area contributed by atoms with Crippen molar-refractivity contribution in [2.45, 2.75) is 26.1 Å². The molecule has 1 aliphatic heterocycles. The first-order chi connectivity index (χ1) is 9.15. The molecule has 0 bridgehead atoms. The van der Waals surface area contributed by atoms with Gasteiger partial charge in [-0.25, -0.2) is 0 Å². The fourth-order valence-electron chi connectivity index (χ4n) is 3.15. The van der Waals surface area contributed by atoms with E-state index >= 15 is 0 Å². The van der Waals surface area contributed by atoms with Crippen LogP contribution in [0.25, 0.3) is 10.9 Å². The number of hydrogen-bond acceptors (Lipinski definition) is 2. The summed E-state index contributed by atoms with van der Waals surface area (Å²) in [5.41, 5.74) is 4.39. The van der Waals surface area contributed by atoms with Gasteiger partial charge < -0.3 is 9.47 Å². The highest BCUT2D eigenvalue weighted by molar-refractivity contribution is 8.93. The number of benzene rings is 1. The Morgan fingerprint density at radius 3 is 2.52 bits per heavy atom. The van der Waals surface area contributed by atoms with E-state index < -0.39 is 0 Å². The van der Waals surface area contributed by atoms with Crippen LogP contribution in [0.2, 0.25) is 0 Å². The minimum atomic E-state index is 0. The lowest BCUT2D eigenvalue weighted by molar-refractivity contribution is 0.314. The lowest BCUT2D eigenvalue weighted by atomic mass is 10.0. The van der Waals surface area contributed by atoms with E-state index in [-0.39, 0.29) is 34.0 Å². The van der Waals surface area contributed by atoms with Gasteiger partial charge in [-0.05, 0) is 51.3 Å². The van der Waals surface area contributed by atoms with Gasteiger partial charge in [-0.15, -0.1) is 34.0 Å². The second-order valence-corrected chi connectivity index (χ2v) is 5.99. The summed E-state index contributed by atoms with van der Waals surface area (Å²) in [6, 6.07) is 6.73. The summed E-state index contributed by atoms with van der Waals surface area (Å²) in [5.74, 6) is 0. The Labute approximate surface area is 148 Å². The van der Waals surface area contributed by atoms with Crippen LogP contribution in [0, 0.1) is 0 Å². The zero-order chi connectivity index (χ0) is 13.4. The van der Waals surface area contributed by atoms with E-state index in [1.807, 2.05) is 0 Å². The van der Waals surface area contributed by atoms with Gasteiger partial charge in [0.1, 0.15) is 0 Å². The molecule has 2 aromatic rings. The van der Waals surface area contributed by atoms with Crippen molar-refractivity contribution < 1.29 is 0 Å². The predicted octanol–water partition coefficient (Wildman–Crippen LogP) is 3.69. The summed E-state index contributed by atoms with van der Waals surface area (Å²) in [4.78, 5) is 4.64. The van der Waals surface area contributed by atoms with Crippen LogP contribution in [0.3, 0.4) is 0 Å². The lowest BCUT2D eigenvalue weighted by Crippen LogP contribution is -2.20. The smallest absolute Gasteiger partial charge is 0.0486 e. The van der Waals surface area contributed by atoms with Gasteiger partial charge in [-0.1, -0.05) is 12.1 Å². The van der Waals surface area contributed by atoms with Crippen molar-refractivity contribution in [3.05, 3.63) is 35.5 Å². The molecule has 3 rings (SSSR count). The third kappa shape index (κ3) is 3.89. The molecule has 118 valence electrons. The quantitative estimate of drug-likeness (QED) is 0.749. The van der Waals surface area contributed by atoms with Gasteiger partial charge in [0, 0.05) is 36.7 Å². The zero-order valence-corrected chi connectivity index (χ0v) is 16.4. The number of aryl methyl sites for hydroxylation is 1. The van der Waals surface area contributed by atoms with Crippen molar-refractivity contribution in [1.29, 1.82) is 0 Å². The summed E-state index contributed by atoms with van der Waals surface area (Å²) >= 11 is 0. The van der Waals surface area contributed by atoms with Crippen LogP contribution in [-0.4, -0.2) is 42.1 Å². The first-order valence-corrected chi connectivity index (χ1v) is 7.08. The fourth-order valence-corrected chi connectivity index (χ4v) is 3.15. The summed E-state index contributed by atoms with van der Waals surface area (Å²) in [6.07, 6.45) is 3.57. The monoisotopic (exact) mass is 417 g/mol. The summed E-state index contributed by atoms with van der Waals surface area (Å²) in [7, 11) is 6.48. The molecule has 0 aliphatic carbocycles.